The number of nitrogens with zero attached hydrogens (tertiary/aromatic N) is 3. The van der Waals surface area contributed by atoms with E-state index >= 15 is 0 Å². The zero-order chi connectivity index (χ0) is 21.6. The second-order valence-corrected chi connectivity index (χ2v) is 8.11. The highest BCUT2D eigenvalue weighted by Crippen LogP contribution is 2.52. The zero-order valence-electron chi connectivity index (χ0n) is 15.7. The third-order valence-electron chi connectivity index (χ3n) is 5.58. The lowest BCUT2D eigenvalue weighted by molar-refractivity contribution is -0.385. The number of rotatable bonds is 6. The molecule has 1 aromatic rings. The molecular formula is C19H16BrN3O7. The zero-order valence-corrected chi connectivity index (χ0v) is 17.3. The fourth-order valence-electron chi connectivity index (χ4n) is 4.30. The molecule has 1 saturated carbocycles. The summed E-state index contributed by atoms with van der Waals surface area (Å²) in [4.78, 5) is 47.7. The SMILES string of the molecule is COC(=O)COc1c(C=NN2C(=O)[C@@H]3[C@H](C2=O)[C@H]2C=C[C@H]3C2)cc(Br)cc1[N+](=O)[O-]. The highest BCUT2D eigenvalue weighted by atomic mass is 79.9. The lowest BCUT2D eigenvalue weighted by Gasteiger charge is -2.13. The molecule has 2 aliphatic carbocycles. The summed E-state index contributed by atoms with van der Waals surface area (Å²) in [7, 11) is 1.16. The minimum Gasteiger partial charge on any atom is -0.474 e. The van der Waals surface area contributed by atoms with E-state index in [2.05, 4.69) is 25.8 Å². The molecule has 1 aliphatic heterocycles. The van der Waals surface area contributed by atoms with Crippen LogP contribution in [0, 0.1) is 33.8 Å². The second-order valence-electron chi connectivity index (χ2n) is 7.20. The Morgan fingerprint density at radius 3 is 2.50 bits per heavy atom. The number of carbonyl (C=O) groups is 3. The first-order valence-electron chi connectivity index (χ1n) is 9.09. The molecule has 10 nitrogen and oxygen atoms in total. The van der Waals surface area contributed by atoms with E-state index < -0.39 is 35.0 Å². The van der Waals surface area contributed by atoms with Crippen LogP contribution >= 0.6 is 15.9 Å². The van der Waals surface area contributed by atoms with Gasteiger partial charge in [-0.05, 0) is 24.3 Å². The number of halogens is 1. The highest BCUT2D eigenvalue weighted by molar-refractivity contribution is 9.10. The molecular weight excluding hydrogens is 462 g/mol. The highest BCUT2D eigenvalue weighted by Gasteiger charge is 2.59. The van der Waals surface area contributed by atoms with Crippen molar-refractivity contribution in [3.8, 4) is 5.75 Å². The molecule has 0 unspecified atom stereocenters. The van der Waals surface area contributed by atoms with Gasteiger partial charge in [0.1, 0.15) is 0 Å². The number of amides is 2. The maximum atomic E-state index is 12.7. The molecule has 0 aromatic heterocycles. The molecule has 30 heavy (non-hydrogen) atoms. The summed E-state index contributed by atoms with van der Waals surface area (Å²) >= 11 is 3.18. The topological polar surface area (TPSA) is 128 Å². The van der Waals surface area contributed by atoms with Crippen molar-refractivity contribution >= 4 is 45.6 Å². The van der Waals surface area contributed by atoms with Crippen LogP contribution in [0.3, 0.4) is 0 Å². The van der Waals surface area contributed by atoms with Crippen molar-refractivity contribution < 1.29 is 28.8 Å². The van der Waals surface area contributed by atoms with Gasteiger partial charge in [-0.25, -0.2) is 4.79 Å². The number of esters is 1. The van der Waals surface area contributed by atoms with Crippen molar-refractivity contribution in [3.63, 3.8) is 0 Å². The Balaban J connectivity index is 1.64. The number of fused-ring (bicyclic) bond motifs is 5. The van der Waals surface area contributed by atoms with Crippen LogP contribution in [0.5, 0.6) is 5.75 Å². The summed E-state index contributed by atoms with van der Waals surface area (Å²) in [6.45, 7) is -0.555. The summed E-state index contributed by atoms with van der Waals surface area (Å²) < 4.78 is 10.2. The molecule has 4 rings (SSSR count). The standard InChI is InChI=1S/C19H16BrN3O7/c1-29-14(24)8-30-17-11(5-12(20)6-13(17)23(27)28)7-21-22-18(25)15-9-2-3-10(4-9)16(15)19(22)26/h2-3,5-7,9-10,15-16H,4,8H2,1H3/t9-,10-,15-,16+/m0/s1. The molecule has 2 bridgehead atoms. The molecule has 156 valence electrons. The van der Waals surface area contributed by atoms with Crippen molar-refractivity contribution in [1.29, 1.82) is 0 Å². The minimum atomic E-state index is -0.726. The average Bonchev–Trinajstić information content (AvgIpc) is 3.39. The number of ether oxygens (including phenoxy) is 2. The number of nitro benzene ring substituents is 1. The Kier molecular flexibility index (Phi) is 5.14. The number of carbonyl (C=O) groups excluding carboxylic acids is 3. The van der Waals surface area contributed by atoms with E-state index in [4.69, 9.17) is 4.74 Å². The van der Waals surface area contributed by atoms with E-state index in [0.717, 1.165) is 24.8 Å². The molecule has 1 aromatic carbocycles. The Bertz CT molecular complexity index is 992. The van der Waals surface area contributed by atoms with Crippen molar-refractivity contribution in [1.82, 2.24) is 5.01 Å². The van der Waals surface area contributed by atoms with Crippen LogP contribution in [-0.2, 0) is 19.1 Å². The van der Waals surface area contributed by atoms with Crippen molar-refractivity contribution in [2.24, 2.45) is 28.8 Å². The quantitative estimate of drug-likeness (QED) is 0.153. The van der Waals surface area contributed by atoms with Crippen LogP contribution in [0.1, 0.15) is 12.0 Å². The number of imide groups is 1. The van der Waals surface area contributed by atoms with Gasteiger partial charge in [0.25, 0.3) is 11.8 Å². The number of hydrazone groups is 1. The largest absolute Gasteiger partial charge is 0.474 e. The lowest BCUT2D eigenvalue weighted by atomic mass is 9.85. The van der Waals surface area contributed by atoms with Gasteiger partial charge in [-0.1, -0.05) is 28.1 Å². The summed E-state index contributed by atoms with van der Waals surface area (Å²) in [5.41, 5.74) is -0.286. The van der Waals surface area contributed by atoms with Gasteiger partial charge in [0, 0.05) is 16.1 Å². The molecule has 1 heterocycles. The van der Waals surface area contributed by atoms with Crippen LogP contribution in [-0.4, -0.2) is 47.6 Å². The molecule has 4 atom stereocenters. The maximum absolute atomic E-state index is 12.7. The fourth-order valence-corrected chi connectivity index (χ4v) is 4.76. The number of hydrogen-bond acceptors (Lipinski definition) is 8. The molecule has 11 heteroatoms. The fraction of sp³-hybridized carbons (Fsp3) is 0.368. The number of benzene rings is 1. The van der Waals surface area contributed by atoms with E-state index in [0.29, 0.717) is 4.47 Å². The molecule has 3 aliphatic rings. The van der Waals surface area contributed by atoms with E-state index in [1.54, 1.807) is 0 Å². The van der Waals surface area contributed by atoms with Crippen molar-refractivity contribution in [2.45, 2.75) is 6.42 Å². The predicted molar refractivity (Wildman–Crippen MR) is 105 cm³/mol. The number of nitro groups is 1. The minimum absolute atomic E-state index is 0.0440. The van der Waals surface area contributed by atoms with Gasteiger partial charge in [-0.3, -0.25) is 19.7 Å². The van der Waals surface area contributed by atoms with E-state index in [9.17, 15) is 24.5 Å². The Hall–Kier alpha value is -3.08. The van der Waals surface area contributed by atoms with Gasteiger partial charge in [0.05, 0.1) is 30.1 Å². The van der Waals surface area contributed by atoms with Crippen LogP contribution in [0.4, 0.5) is 5.69 Å². The first-order valence-corrected chi connectivity index (χ1v) is 9.88. The first kappa shape index (κ1) is 20.2. The van der Waals surface area contributed by atoms with Gasteiger partial charge in [-0.2, -0.15) is 10.1 Å². The first-order chi connectivity index (χ1) is 14.3. The number of hydrogen-bond donors (Lipinski definition) is 0. The van der Waals surface area contributed by atoms with Gasteiger partial charge < -0.3 is 9.47 Å². The van der Waals surface area contributed by atoms with Gasteiger partial charge in [0.15, 0.2) is 6.61 Å². The average molecular weight is 478 g/mol. The third-order valence-corrected chi connectivity index (χ3v) is 6.04. The van der Waals surface area contributed by atoms with E-state index in [1.165, 1.54) is 12.1 Å². The monoisotopic (exact) mass is 477 g/mol. The molecule has 2 amide bonds. The van der Waals surface area contributed by atoms with Crippen molar-refractivity contribution in [2.75, 3.05) is 13.7 Å². The molecule has 2 fully saturated rings. The molecule has 0 N–H and O–H groups in total. The molecule has 1 saturated heterocycles. The summed E-state index contributed by atoms with van der Waals surface area (Å²) in [6, 6.07) is 2.68. The second kappa shape index (κ2) is 7.63. The number of methoxy groups -OCH3 is 1. The predicted octanol–water partition coefficient (Wildman–Crippen LogP) is 2.05. The Morgan fingerprint density at radius 1 is 1.30 bits per heavy atom. The van der Waals surface area contributed by atoms with E-state index in [1.807, 2.05) is 12.2 Å². The summed E-state index contributed by atoms with van der Waals surface area (Å²) in [5, 5.41) is 16.3. The smallest absolute Gasteiger partial charge is 0.343 e. The van der Waals surface area contributed by atoms with E-state index in [-0.39, 0.29) is 35.0 Å². The number of allylic oxidation sites excluding steroid dienone is 2. The molecule has 0 spiro atoms. The lowest BCUT2D eigenvalue weighted by Crippen LogP contribution is -2.28. The third kappa shape index (κ3) is 3.28. The van der Waals surface area contributed by atoms with Crippen LogP contribution in [0.15, 0.2) is 33.9 Å². The van der Waals surface area contributed by atoms with Gasteiger partial charge in [-0.15, -0.1) is 0 Å². The van der Waals surface area contributed by atoms with Crippen LogP contribution < -0.4 is 4.74 Å². The van der Waals surface area contributed by atoms with Crippen molar-refractivity contribution in [3.05, 3.63) is 44.4 Å². The van der Waals surface area contributed by atoms with Crippen LogP contribution in [0.25, 0.3) is 0 Å². The Labute approximate surface area is 178 Å². The Morgan fingerprint density at radius 2 is 1.93 bits per heavy atom. The van der Waals surface area contributed by atoms with Gasteiger partial charge in [0.2, 0.25) is 5.75 Å². The molecule has 0 radical (unpaired) electrons. The van der Waals surface area contributed by atoms with Gasteiger partial charge >= 0.3 is 11.7 Å². The summed E-state index contributed by atoms with van der Waals surface area (Å²) in [6.07, 6.45) is 5.89. The van der Waals surface area contributed by atoms with Crippen LogP contribution in [0.2, 0.25) is 0 Å². The normalized spacial score (nSPS) is 26.5. The summed E-state index contributed by atoms with van der Waals surface area (Å²) in [5.74, 6) is -2.42. The maximum Gasteiger partial charge on any atom is 0.343 e.